The average Bonchev–Trinajstić information content (AvgIpc) is 2.57. The Labute approximate surface area is 81.4 Å². The normalized spacial score (nSPS) is 10.7. The molecule has 1 aromatic carbocycles. The number of hydrogen-bond donors (Lipinski definition) is 2. The minimum atomic E-state index is -0.917. The molecule has 0 aliphatic carbocycles. The van der Waals surface area contributed by atoms with Crippen molar-refractivity contribution in [2.24, 2.45) is 0 Å². The molecule has 0 bridgehead atoms. The summed E-state index contributed by atoms with van der Waals surface area (Å²) >= 11 is 0. The standard InChI is InChI=1S/C11H11NO2/c1-6-3-4-7(2)10-8(6)5-9(12-10)11(13)14/h3-5,12H,1-2H3,(H,13,14). The Morgan fingerprint density at radius 1 is 1.29 bits per heavy atom. The molecule has 0 aliphatic rings. The van der Waals surface area contributed by atoms with Crippen molar-refractivity contribution in [3.63, 3.8) is 0 Å². The van der Waals surface area contributed by atoms with Gasteiger partial charge in [0.25, 0.3) is 0 Å². The third-order valence-electron chi connectivity index (χ3n) is 2.45. The number of nitrogens with one attached hydrogen (secondary N) is 1. The lowest BCUT2D eigenvalue weighted by molar-refractivity contribution is 0.0691. The lowest BCUT2D eigenvalue weighted by atomic mass is 10.1. The van der Waals surface area contributed by atoms with Crippen LogP contribution in [0.1, 0.15) is 21.6 Å². The van der Waals surface area contributed by atoms with E-state index in [2.05, 4.69) is 4.98 Å². The molecule has 2 N–H and O–H groups in total. The van der Waals surface area contributed by atoms with Crippen LogP contribution in [-0.2, 0) is 0 Å². The van der Waals surface area contributed by atoms with Crippen molar-refractivity contribution in [3.05, 3.63) is 35.0 Å². The van der Waals surface area contributed by atoms with Gasteiger partial charge in [0.2, 0.25) is 0 Å². The first-order valence-corrected chi connectivity index (χ1v) is 4.42. The largest absolute Gasteiger partial charge is 0.477 e. The van der Waals surface area contributed by atoms with Crippen molar-refractivity contribution in [1.29, 1.82) is 0 Å². The number of aromatic carboxylic acids is 1. The smallest absolute Gasteiger partial charge is 0.352 e. The Hall–Kier alpha value is -1.77. The number of aromatic amines is 1. The third kappa shape index (κ3) is 1.18. The Bertz CT molecular complexity index is 472. The van der Waals surface area contributed by atoms with Gasteiger partial charge in [-0.15, -0.1) is 0 Å². The van der Waals surface area contributed by atoms with Gasteiger partial charge in [0.1, 0.15) is 5.69 Å². The predicted molar refractivity (Wildman–Crippen MR) is 54.7 cm³/mol. The number of carboxylic acids is 1. The highest BCUT2D eigenvalue weighted by Gasteiger charge is 2.09. The summed E-state index contributed by atoms with van der Waals surface area (Å²) in [5.74, 6) is -0.917. The van der Waals surface area contributed by atoms with Crippen molar-refractivity contribution in [2.75, 3.05) is 0 Å². The van der Waals surface area contributed by atoms with Crippen LogP contribution in [0.15, 0.2) is 18.2 Å². The third-order valence-corrected chi connectivity index (χ3v) is 2.45. The number of fused-ring (bicyclic) bond motifs is 1. The van der Waals surface area contributed by atoms with Crippen molar-refractivity contribution < 1.29 is 9.90 Å². The first-order valence-electron chi connectivity index (χ1n) is 4.42. The average molecular weight is 189 g/mol. The van der Waals surface area contributed by atoms with E-state index in [0.29, 0.717) is 0 Å². The molecule has 0 unspecified atom stereocenters. The zero-order valence-electron chi connectivity index (χ0n) is 8.09. The molecular weight excluding hydrogens is 178 g/mol. The second-order valence-electron chi connectivity index (χ2n) is 3.48. The number of benzene rings is 1. The molecule has 0 atom stereocenters. The monoisotopic (exact) mass is 189 g/mol. The fourth-order valence-corrected chi connectivity index (χ4v) is 1.61. The highest BCUT2D eigenvalue weighted by molar-refractivity contribution is 5.96. The summed E-state index contributed by atoms with van der Waals surface area (Å²) in [5.41, 5.74) is 3.33. The molecule has 2 aromatic rings. The van der Waals surface area contributed by atoms with Crippen LogP contribution in [0, 0.1) is 13.8 Å². The van der Waals surface area contributed by atoms with Gasteiger partial charge in [-0.2, -0.15) is 0 Å². The maximum absolute atomic E-state index is 10.8. The maximum Gasteiger partial charge on any atom is 0.352 e. The molecule has 2 rings (SSSR count). The highest BCUT2D eigenvalue weighted by Crippen LogP contribution is 2.22. The van der Waals surface area contributed by atoms with E-state index in [4.69, 9.17) is 5.11 Å². The molecule has 0 radical (unpaired) electrons. The zero-order valence-corrected chi connectivity index (χ0v) is 8.09. The van der Waals surface area contributed by atoms with E-state index in [-0.39, 0.29) is 5.69 Å². The molecule has 0 amide bonds. The van der Waals surface area contributed by atoms with Gasteiger partial charge in [-0.3, -0.25) is 0 Å². The number of H-pyrrole nitrogens is 1. The summed E-state index contributed by atoms with van der Waals surface area (Å²) in [7, 11) is 0. The summed E-state index contributed by atoms with van der Waals surface area (Å²) in [6.07, 6.45) is 0. The molecule has 72 valence electrons. The second-order valence-corrected chi connectivity index (χ2v) is 3.48. The van der Waals surface area contributed by atoms with Crippen LogP contribution in [-0.4, -0.2) is 16.1 Å². The van der Waals surface area contributed by atoms with E-state index < -0.39 is 5.97 Å². The molecule has 1 aromatic heterocycles. The van der Waals surface area contributed by atoms with Gasteiger partial charge >= 0.3 is 5.97 Å². The van der Waals surface area contributed by atoms with Gasteiger partial charge in [0.15, 0.2) is 0 Å². The molecular formula is C11H11NO2. The van der Waals surface area contributed by atoms with Crippen molar-refractivity contribution in [1.82, 2.24) is 4.98 Å². The highest BCUT2D eigenvalue weighted by atomic mass is 16.4. The van der Waals surface area contributed by atoms with E-state index in [9.17, 15) is 4.79 Å². The minimum Gasteiger partial charge on any atom is -0.477 e. The van der Waals surface area contributed by atoms with Crippen LogP contribution < -0.4 is 0 Å². The fraction of sp³-hybridized carbons (Fsp3) is 0.182. The quantitative estimate of drug-likeness (QED) is 0.724. The Morgan fingerprint density at radius 2 is 1.93 bits per heavy atom. The van der Waals surface area contributed by atoms with E-state index in [1.54, 1.807) is 6.07 Å². The predicted octanol–water partition coefficient (Wildman–Crippen LogP) is 2.48. The number of carbonyl (C=O) groups is 1. The van der Waals surface area contributed by atoms with Crippen molar-refractivity contribution in [3.8, 4) is 0 Å². The Morgan fingerprint density at radius 3 is 2.50 bits per heavy atom. The molecule has 0 fully saturated rings. The summed E-state index contributed by atoms with van der Waals surface area (Å²) in [6.45, 7) is 3.94. The number of rotatable bonds is 1. The Kier molecular flexibility index (Phi) is 1.81. The van der Waals surface area contributed by atoms with E-state index in [1.807, 2.05) is 26.0 Å². The molecule has 14 heavy (non-hydrogen) atoms. The topological polar surface area (TPSA) is 53.1 Å². The number of aromatic nitrogens is 1. The van der Waals surface area contributed by atoms with Crippen LogP contribution in [0.4, 0.5) is 0 Å². The zero-order chi connectivity index (χ0) is 10.3. The summed E-state index contributed by atoms with van der Waals surface area (Å²) < 4.78 is 0. The summed E-state index contributed by atoms with van der Waals surface area (Å²) in [5, 5.41) is 9.82. The van der Waals surface area contributed by atoms with E-state index in [1.165, 1.54) is 0 Å². The molecule has 3 heteroatoms. The lowest BCUT2D eigenvalue weighted by Gasteiger charge is -1.98. The van der Waals surface area contributed by atoms with Crippen LogP contribution in [0.3, 0.4) is 0 Å². The SMILES string of the molecule is Cc1ccc(C)c2[nH]c(C(=O)O)cc12. The molecule has 0 saturated heterocycles. The first kappa shape index (κ1) is 8.81. The van der Waals surface area contributed by atoms with Gasteiger partial charge in [-0.25, -0.2) is 4.79 Å². The lowest BCUT2D eigenvalue weighted by Crippen LogP contribution is -1.94. The number of hydrogen-bond acceptors (Lipinski definition) is 1. The van der Waals surface area contributed by atoms with Crippen LogP contribution in [0.25, 0.3) is 10.9 Å². The van der Waals surface area contributed by atoms with Gasteiger partial charge in [0.05, 0.1) is 0 Å². The molecule has 0 aliphatic heterocycles. The van der Waals surface area contributed by atoms with Gasteiger partial charge in [-0.1, -0.05) is 12.1 Å². The number of aryl methyl sites for hydroxylation is 2. The van der Waals surface area contributed by atoms with Gasteiger partial charge in [-0.05, 0) is 31.0 Å². The Balaban J connectivity index is 2.82. The number of carboxylic acid groups (broad SMARTS) is 1. The van der Waals surface area contributed by atoms with Crippen LogP contribution >= 0.6 is 0 Å². The fourth-order valence-electron chi connectivity index (χ4n) is 1.61. The van der Waals surface area contributed by atoms with Gasteiger partial charge in [0, 0.05) is 10.9 Å². The maximum atomic E-state index is 10.8. The van der Waals surface area contributed by atoms with Crippen LogP contribution in [0.5, 0.6) is 0 Å². The molecule has 3 nitrogen and oxygen atoms in total. The molecule has 0 spiro atoms. The molecule has 1 heterocycles. The summed E-state index contributed by atoms with van der Waals surface area (Å²) in [4.78, 5) is 13.7. The minimum absolute atomic E-state index is 0.248. The van der Waals surface area contributed by atoms with E-state index >= 15 is 0 Å². The molecule has 0 saturated carbocycles. The first-order chi connectivity index (χ1) is 6.59. The van der Waals surface area contributed by atoms with E-state index in [0.717, 1.165) is 22.0 Å². The van der Waals surface area contributed by atoms with Gasteiger partial charge < -0.3 is 10.1 Å². The van der Waals surface area contributed by atoms with Crippen LogP contribution in [0.2, 0.25) is 0 Å². The summed E-state index contributed by atoms with van der Waals surface area (Å²) in [6, 6.07) is 5.66. The van der Waals surface area contributed by atoms with Crippen molar-refractivity contribution >= 4 is 16.9 Å². The second kappa shape index (κ2) is 2.87. The van der Waals surface area contributed by atoms with Crippen molar-refractivity contribution in [2.45, 2.75) is 13.8 Å².